The summed E-state index contributed by atoms with van der Waals surface area (Å²) < 4.78 is 37.7. The number of piperazine rings is 1. The second-order valence-corrected chi connectivity index (χ2v) is 9.33. The van der Waals surface area contributed by atoms with E-state index in [1.54, 1.807) is 0 Å². The predicted molar refractivity (Wildman–Crippen MR) is 126 cm³/mol. The first kappa shape index (κ1) is 24.6. The first-order valence-electron chi connectivity index (χ1n) is 11.3. The van der Waals surface area contributed by atoms with Gasteiger partial charge in [-0.25, -0.2) is 0 Å². The number of alkyl halides is 3. The van der Waals surface area contributed by atoms with Gasteiger partial charge >= 0.3 is 6.18 Å². The summed E-state index contributed by atoms with van der Waals surface area (Å²) in [7, 11) is 0. The number of benzene rings is 2. The number of nitrogens with one attached hydrogen (secondary N) is 1. The fourth-order valence-electron chi connectivity index (χ4n) is 4.03. The van der Waals surface area contributed by atoms with Gasteiger partial charge in [0.25, 0.3) is 5.91 Å². The van der Waals surface area contributed by atoms with Gasteiger partial charge in [-0.3, -0.25) is 9.69 Å². The number of aliphatic hydroxyl groups is 1. The zero-order chi connectivity index (χ0) is 24.5. The van der Waals surface area contributed by atoms with E-state index in [-0.39, 0.29) is 13.1 Å². The highest BCUT2D eigenvalue weighted by atomic mass is 35.5. The zero-order valence-electron chi connectivity index (χ0n) is 18.6. The molecular formula is C24H28ClF3N4O2. The van der Waals surface area contributed by atoms with Crippen molar-refractivity contribution in [1.82, 2.24) is 9.80 Å². The summed E-state index contributed by atoms with van der Waals surface area (Å²) in [6, 6.07) is 11.8. The molecule has 4 N–H and O–H groups in total. The normalized spacial score (nSPS) is 18.1. The summed E-state index contributed by atoms with van der Waals surface area (Å²) in [5.41, 5.74) is 10.4. The standard InChI is InChI=1S/C24H28ClF3N4O2/c25-20-18(7-8-19(21(20)29)30-13-15-1-2-15)17-5-3-16(4-6-17)14-31-9-11-32(12-10-31)23(34)22(33)24(26,27)28/h3-8,15,22,30,33H,1-2,9-14,29H2. The number of nitrogens with zero attached hydrogens (tertiary/aromatic N) is 2. The van der Waals surface area contributed by atoms with Gasteiger partial charge in [0.05, 0.1) is 16.4 Å². The Balaban J connectivity index is 1.33. The van der Waals surface area contributed by atoms with Gasteiger partial charge in [0.2, 0.25) is 6.10 Å². The SMILES string of the molecule is Nc1c(NCC2CC2)ccc(-c2ccc(CN3CCN(C(=O)C(O)C(F)(F)F)CC3)cc2)c1Cl. The fourth-order valence-corrected chi connectivity index (χ4v) is 4.31. The third-order valence-electron chi connectivity index (χ3n) is 6.36. The first-order valence-corrected chi connectivity index (χ1v) is 11.7. The van der Waals surface area contributed by atoms with Crippen molar-refractivity contribution < 1.29 is 23.1 Å². The van der Waals surface area contributed by atoms with Crippen LogP contribution in [0.1, 0.15) is 18.4 Å². The minimum atomic E-state index is -4.95. The van der Waals surface area contributed by atoms with Crippen LogP contribution in [-0.4, -0.2) is 65.8 Å². The molecule has 1 amide bonds. The minimum Gasteiger partial charge on any atom is -0.396 e. The molecule has 10 heteroatoms. The monoisotopic (exact) mass is 496 g/mol. The molecule has 1 unspecified atom stereocenters. The molecule has 1 aliphatic carbocycles. The Morgan fingerprint density at radius 2 is 1.76 bits per heavy atom. The maximum Gasteiger partial charge on any atom is 0.423 e. The highest BCUT2D eigenvalue weighted by molar-refractivity contribution is 6.36. The van der Waals surface area contributed by atoms with Crippen molar-refractivity contribution in [3.8, 4) is 11.1 Å². The fraction of sp³-hybridized carbons (Fsp3) is 0.458. The number of hydrogen-bond donors (Lipinski definition) is 3. The number of aliphatic hydroxyl groups excluding tert-OH is 1. The Bertz CT molecular complexity index is 1020. The van der Waals surface area contributed by atoms with Gasteiger partial charge in [0.15, 0.2) is 0 Å². The van der Waals surface area contributed by atoms with Crippen LogP contribution in [0.2, 0.25) is 5.02 Å². The van der Waals surface area contributed by atoms with E-state index in [9.17, 15) is 23.1 Å². The third-order valence-corrected chi connectivity index (χ3v) is 6.76. The Kier molecular flexibility index (Phi) is 7.25. The molecule has 1 heterocycles. The lowest BCUT2D eigenvalue weighted by Crippen LogP contribution is -2.53. The van der Waals surface area contributed by atoms with Crippen LogP contribution in [0.15, 0.2) is 36.4 Å². The maximum absolute atomic E-state index is 12.6. The van der Waals surface area contributed by atoms with Crippen molar-refractivity contribution in [2.45, 2.75) is 31.7 Å². The number of carbonyl (C=O) groups is 1. The Morgan fingerprint density at radius 3 is 2.35 bits per heavy atom. The number of halogens is 4. The van der Waals surface area contributed by atoms with Crippen LogP contribution in [-0.2, 0) is 11.3 Å². The first-order chi connectivity index (χ1) is 16.1. The van der Waals surface area contributed by atoms with Crippen LogP contribution < -0.4 is 11.1 Å². The molecule has 184 valence electrons. The largest absolute Gasteiger partial charge is 0.423 e. The Labute approximate surface area is 201 Å². The summed E-state index contributed by atoms with van der Waals surface area (Å²) >= 11 is 6.56. The molecule has 2 fully saturated rings. The summed E-state index contributed by atoms with van der Waals surface area (Å²) in [5.74, 6) is -0.568. The van der Waals surface area contributed by atoms with E-state index in [1.807, 2.05) is 36.4 Å². The second-order valence-electron chi connectivity index (χ2n) is 8.96. The second kappa shape index (κ2) is 10.0. The lowest BCUT2D eigenvalue weighted by atomic mass is 10.0. The topological polar surface area (TPSA) is 81.8 Å². The van der Waals surface area contributed by atoms with Gasteiger partial charge < -0.3 is 21.1 Å². The number of anilines is 2. The molecule has 6 nitrogen and oxygen atoms in total. The average Bonchev–Trinajstić information content (AvgIpc) is 3.64. The van der Waals surface area contributed by atoms with Gasteiger partial charge in [-0.1, -0.05) is 41.9 Å². The number of nitrogens with two attached hydrogens (primary N) is 1. The van der Waals surface area contributed by atoms with E-state index < -0.39 is 18.2 Å². The molecule has 0 radical (unpaired) electrons. The molecule has 1 saturated heterocycles. The summed E-state index contributed by atoms with van der Waals surface area (Å²) in [6.45, 7) is 2.63. The number of carbonyl (C=O) groups excluding carboxylic acids is 1. The Morgan fingerprint density at radius 1 is 1.12 bits per heavy atom. The molecular weight excluding hydrogens is 469 g/mol. The van der Waals surface area contributed by atoms with Crippen LogP contribution in [0.25, 0.3) is 11.1 Å². The smallest absolute Gasteiger partial charge is 0.396 e. The molecule has 0 bridgehead atoms. The van der Waals surface area contributed by atoms with Gasteiger partial charge in [-0.15, -0.1) is 0 Å². The molecule has 0 spiro atoms. The molecule has 2 aromatic rings. The van der Waals surface area contributed by atoms with E-state index in [0.29, 0.717) is 30.3 Å². The lowest BCUT2D eigenvalue weighted by Gasteiger charge is -2.35. The van der Waals surface area contributed by atoms with E-state index in [2.05, 4.69) is 10.2 Å². The van der Waals surface area contributed by atoms with Gasteiger partial charge in [-0.05, 0) is 36.0 Å². The van der Waals surface area contributed by atoms with Gasteiger partial charge in [0, 0.05) is 44.8 Å². The molecule has 34 heavy (non-hydrogen) atoms. The van der Waals surface area contributed by atoms with Gasteiger partial charge in [0.1, 0.15) is 0 Å². The summed E-state index contributed by atoms with van der Waals surface area (Å²) in [5, 5.41) is 13.1. The highest BCUT2D eigenvalue weighted by Crippen LogP contribution is 2.38. The van der Waals surface area contributed by atoms with E-state index in [1.165, 1.54) is 12.8 Å². The van der Waals surface area contributed by atoms with Crippen molar-refractivity contribution in [1.29, 1.82) is 0 Å². The number of nitrogen functional groups attached to an aromatic ring is 1. The molecule has 1 aliphatic heterocycles. The van der Waals surface area contributed by atoms with Crippen molar-refractivity contribution in [3.05, 3.63) is 47.0 Å². The van der Waals surface area contributed by atoms with Crippen molar-refractivity contribution >= 4 is 28.9 Å². The van der Waals surface area contributed by atoms with Crippen molar-refractivity contribution in [3.63, 3.8) is 0 Å². The van der Waals surface area contributed by atoms with Crippen LogP contribution in [0.3, 0.4) is 0 Å². The number of amides is 1. The van der Waals surface area contributed by atoms with E-state index >= 15 is 0 Å². The van der Waals surface area contributed by atoms with Crippen LogP contribution >= 0.6 is 11.6 Å². The Hall–Kier alpha value is -2.49. The predicted octanol–water partition coefficient (Wildman–Crippen LogP) is 3.98. The maximum atomic E-state index is 12.6. The van der Waals surface area contributed by atoms with Gasteiger partial charge in [-0.2, -0.15) is 13.2 Å². The molecule has 1 atom stereocenters. The molecule has 2 aliphatic rings. The van der Waals surface area contributed by atoms with Crippen molar-refractivity contribution in [2.75, 3.05) is 43.8 Å². The summed E-state index contributed by atoms with van der Waals surface area (Å²) in [6.07, 6.45) is -5.41. The van der Waals surface area contributed by atoms with Crippen LogP contribution in [0.4, 0.5) is 24.5 Å². The minimum absolute atomic E-state index is 0.139. The third kappa shape index (κ3) is 5.76. The lowest BCUT2D eigenvalue weighted by molar-refractivity contribution is -0.211. The molecule has 1 saturated carbocycles. The summed E-state index contributed by atoms with van der Waals surface area (Å²) in [4.78, 5) is 15.0. The average molecular weight is 497 g/mol. The van der Waals surface area contributed by atoms with Crippen LogP contribution in [0.5, 0.6) is 0 Å². The van der Waals surface area contributed by atoms with Crippen molar-refractivity contribution in [2.24, 2.45) is 5.92 Å². The quantitative estimate of drug-likeness (QED) is 0.505. The molecule has 4 rings (SSSR count). The van der Waals surface area contributed by atoms with E-state index in [0.717, 1.165) is 39.7 Å². The molecule has 2 aromatic carbocycles. The molecule has 0 aromatic heterocycles. The van der Waals surface area contributed by atoms with Crippen LogP contribution in [0, 0.1) is 5.92 Å². The van der Waals surface area contributed by atoms with E-state index in [4.69, 9.17) is 17.3 Å². The zero-order valence-corrected chi connectivity index (χ0v) is 19.4. The number of hydrogen-bond acceptors (Lipinski definition) is 5. The highest BCUT2D eigenvalue weighted by Gasteiger charge is 2.45. The number of rotatable bonds is 7.